The smallest absolute Gasteiger partial charge is 0.236 e. The van der Waals surface area contributed by atoms with Gasteiger partial charge in [-0.2, -0.15) is 9.40 Å². The maximum absolute atomic E-state index is 12.5. The second-order valence-electron chi connectivity index (χ2n) is 6.74. The summed E-state index contributed by atoms with van der Waals surface area (Å²) in [5, 5.41) is 9.93. The molecule has 1 aromatic heterocycles. The molecule has 2 aromatic rings. The van der Waals surface area contributed by atoms with Crippen LogP contribution in [0.15, 0.2) is 47.9 Å². The van der Waals surface area contributed by atoms with E-state index in [4.69, 9.17) is 0 Å². The van der Waals surface area contributed by atoms with E-state index in [1.54, 1.807) is 6.08 Å². The molecule has 0 N–H and O–H groups in total. The summed E-state index contributed by atoms with van der Waals surface area (Å²) in [7, 11) is -3.41. The average Bonchev–Trinajstić information content (AvgIpc) is 3.53. The first kappa shape index (κ1) is 17.2. The molecule has 26 heavy (non-hydrogen) atoms. The number of hydrogen-bond donors (Lipinski definition) is 0. The lowest BCUT2D eigenvalue weighted by molar-refractivity contribution is 0.388. The molecular formula is C19H22N4O2S. The van der Waals surface area contributed by atoms with E-state index in [9.17, 15) is 8.42 Å². The molecule has 0 unspecified atom stereocenters. The normalized spacial score (nSPS) is 19.2. The van der Waals surface area contributed by atoms with Crippen molar-refractivity contribution in [2.45, 2.75) is 18.8 Å². The molecule has 1 aliphatic carbocycles. The first-order valence-corrected chi connectivity index (χ1v) is 10.4. The molecule has 0 radical (unpaired) electrons. The Hall–Kier alpha value is -2.25. The van der Waals surface area contributed by atoms with E-state index in [1.165, 1.54) is 22.6 Å². The van der Waals surface area contributed by atoms with Crippen LogP contribution >= 0.6 is 0 Å². The van der Waals surface area contributed by atoms with E-state index >= 15 is 0 Å². The van der Waals surface area contributed by atoms with Gasteiger partial charge in [0, 0.05) is 37.5 Å². The van der Waals surface area contributed by atoms with Gasteiger partial charge in [-0.15, -0.1) is 5.10 Å². The van der Waals surface area contributed by atoms with Crippen molar-refractivity contribution in [3.8, 4) is 0 Å². The molecule has 0 spiro atoms. The Balaban J connectivity index is 1.37. The first-order valence-electron chi connectivity index (χ1n) is 8.94. The van der Waals surface area contributed by atoms with Crippen LogP contribution in [-0.2, 0) is 10.0 Å². The topological polar surface area (TPSA) is 66.4 Å². The molecule has 2 heterocycles. The van der Waals surface area contributed by atoms with Gasteiger partial charge in [0.05, 0.1) is 5.69 Å². The summed E-state index contributed by atoms with van der Waals surface area (Å²) in [6, 6.07) is 13.5. The Morgan fingerprint density at radius 1 is 0.923 bits per heavy atom. The van der Waals surface area contributed by atoms with Gasteiger partial charge < -0.3 is 4.90 Å². The van der Waals surface area contributed by atoms with Crippen LogP contribution in [-0.4, -0.2) is 49.1 Å². The quantitative estimate of drug-likeness (QED) is 0.809. The number of aromatic nitrogens is 2. The van der Waals surface area contributed by atoms with Crippen molar-refractivity contribution in [1.82, 2.24) is 14.5 Å². The highest BCUT2D eigenvalue weighted by molar-refractivity contribution is 7.92. The molecule has 7 heteroatoms. The Morgan fingerprint density at radius 3 is 2.27 bits per heavy atom. The van der Waals surface area contributed by atoms with Gasteiger partial charge in [0.2, 0.25) is 10.0 Å². The van der Waals surface area contributed by atoms with Crippen molar-refractivity contribution < 1.29 is 8.42 Å². The van der Waals surface area contributed by atoms with Crippen LogP contribution in [0.25, 0.3) is 6.08 Å². The van der Waals surface area contributed by atoms with E-state index in [-0.39, 0.29) is 0 Å². The fourth-order valence-electron chi connectivity index (χ4n) is 3.09. The summed E-state index contributed by atoms with van der Waals surface area (Å²) in [4.78, 5) is 2.09. The van der Waals surface area contributed by atoms with Crippen LogP contribution in [0.1, 0.15) is 30.0 Å². The van der Waals surface area contributed by atoms with E-state index < -0.39 is 10.0 Å². The minimum Gasteiger partial charge on any atom is -0.352 e. The predicted molar refractivity (Wildman–Crippen MR) is 102 cm³/mol. The van der Waals surface area contributed by atoms with Crippen LogP contribution in [0.2, 0.25) is 0 Å². The third-order valence-electron chi connectivity index (χ3n) is 4.82. The molecule has 4 rings (SSSR count). The van der Waals surface area contributed by atoms with Crippen LogP contribution in [0.4, 0.5) is 5.82 Å². The van der Waals surface area contributed by atoms with Gasteiger partial charge in [-0.3, -0.25) is 0 Å². The van der Waals surface area contributed by atoms with Crippen LogP contribution in [0.5, 0.6) is 0 Å². The van der Waals surface area contributed by atoms with Crippen molar-refractivity contribution in [2.75, 3.05) is 31.1 Å². The number of nitrogens with zero attached hydrogens (tertiary/aromatic N) is 4. The molecule has 1 aliphatic heterocycles. The Labute approximate surface area is 154 Å². The van der Waals surface area contributed by atoms with E-state index in [1.807, 2.05) is 42.5 Å². The highest BCUT2D eigenvalue weighted by Gasteiger charge is 2.27. The number of piperazine rings is 1. The zero-order valence-corrected chi connectivity index (χ0v) is 15.3. The standard InChI is InChI=1S/C19H22N4O2S/c24-26(25,15-10-16-4-2-1-3-5-16)23-13-11-22(12-14-23)19-9-8-18(20-21-19)17-6-7-17/h1-5,8-10,15,17H,6-7,11-14H2/b15-10+. The van der Waals surface area contributed by atoms with Gasteiger partial charge in [-0.1, -0.05) is 30.3 Å². The monoisotopic (exact) mass is 370 g/mol. The van der Waals surface area contributed by atoms with Crippen molar-refractivity contribution in [3.63, 3.8) is 0 Å². The molecule has 1 saturated heterocycles. The van der Waals surface area contributed by atoms with E-state index in [0.717, 1.165) is 17.1 Å². The lowest BCUT2D eigenvalue weighted by Gasteiger charge is -2.33. The lowest BCUT2D eigenvalue weighted by atomic mass is 10.2. The van der Waals surface area contributed by atoms with Crippen LogP contribution < -0.4 is 4.90 Å². The summed E-state index contributed by atoms with van der Waals surface area (Å²) in [6.07, 6.45) is 4.06. The Kier molecular flexibility index (Phi) is 4.74. The predicted octanol–water partition coefficient (Wildman–Crippen LogP) is 2.48. The molecule has 1 aromatic carbocycles. The second kappa shape index (κ2) is 7.17. The molecule has 0 atom stereocenters. The van der Waals surface area contributed by atoms with E-state index in [0.29, 0.717) is 32.1 Å². The highest BCUT2D eigenvalue weighted by Crippen LogP contribution is 2.38. The maximum atomic E-state index is 12.5. The molecule has 2 aliphatic rings. The van der Waals surface area contributed by atoms with Gasteiger partial charge in [0.1, 0.15) is 0 Å². The van der Waals surface area contributed by atoms with Gasteiger partial charge in [-0.25, -0.2) is 8.42 Å². The molecular weight excluding hydrogens is 348 g/mol. The number of hydrogen-bond acceptors (Lipinski definition) is 5. The number of anilines is 1. The zero-order chi connectivity index (χ0) is 18.0. The van der Waals surface area contributed by atoms with Gasteiger partial charge in [-0.05, 0) is 36.6 Å². The Bertz CT molecular complexity index is 870. The summed E-state index contributed by atoms with van der Waals surface area (Å²) in [5.74, 6) is 1.42. The molecule has 0 amide bonds. The SMILES string of the molecule is O=S(=O)(/C=C/c1ccccc1)N1CCN(c2ccc(C3CC3)nn2)CC1. The van der Waals surface area contributed by atoms with Crippen molar-refractivity contribution >= 4 is 21.9 Å². The fraction of sp³-hybridized carbons (Fsp3) is 0.368. The molecule has 1 saturated carbocycles. The number of sulfonamides is 1. The van der Waals surface area contributed by atoms with Crippen LogP contribution in [0.3, 0.4) is 0 Å². The minimum absolute atomic E-state index is 0.452. The van der Waals surface area contributed by atoms with Gasteiger partial charge in [0.15, 0.2) is 5.82 Å². The third kappa shape index (κ3) is 3.94. The number of benzene rings is 1. The summed E-state index contributed by atoms with van der Waals surface area (Å²) in [6.45, 7) is 2.15. The average molecular weight is 370 g/mol. The first-order chi connectivity index (χ1) is 12.6. The molecule has 6 nitrogen and oxygen atoms in total. The van der Waals surface area contributed by atoms with Crippen molar-refractivity contribution in [3.05, 3.63) is 59.1 Å². The lowest BCUT2D eigenvalue weighted by Crippen LogP contribution is -2.48. The fourth-order valence-corrected chi connectivity index (χ4v) is 4.26. The molecule has 2 fully saturated rings. The largest absolute Gasteiger partial charge is 0.352 e. The van der Waals surface area contributed by atoms with Gasteiger partial charge >= 0.3 is 0 Å². The Morgan fingerprint density at radius 2 is 1.65 bits per heavy atom. The molecule has 0 bridgehead atoms. The second-order valence-corrected chi connectivity index (χ2v) is 8.55. The summed E-state index contributed by atoms with van der Waals surface area (Å²) in [5.41, 5.74) is 1.95. The van der Waals surface area contributed by atoms with E-state index in [2.05, 4.69) is 15.1 Å². The van der Waals surface area contributed by atoms with Gasteiger partial charge in [0.25, 0.3) is 0 Å². The maximum Gasteiger partial charge on any atom is 0.236 e. The minimum atomic E-state index is -3.41. The van der Waals surface area contributed by atoms with Crippen molar-refractivity contribution in [2.24, 2.45) is 0 Å². The highest BCUT2D eigenvalue weighted by atomic mass is 32.2. The summed E-state index contributed by atoms with van der Waals surface area (Å²) < 4.78 is 26.6. The third-order valence-corrected chi connectivity index (χ3v) is 6.39. The zero-order valence-electron chi connectivity index (χ0n) is 14.5. The summed E-state index contributed by atoms with van der Waals surface area (Å²) >= 11 is 0. The van der Waals surface area contributed by atoms with Crippen molar-refractivity contribution in [1.29, 1.82) is 0 Å². The number of rotatable bonds is 5. The molecule has 136 valence electrons. The van der Waals surface area contributed by atoms with Crippen LogP contribution in [0, 0.1) is 0 Å².